The number of aliphatic carboxylic acids is 1. The van der Waals surface area contributed by atoms with Crippen LogP contribution in [-0.2, 0) is 4.79 Å². The first-order valence-electron chi connectivity index (χ1n) is 4.38. The number of rotatable bonds is 3. The van der Waals surface area contributed by atoms with Gasteiger partial charge in [0.2, 0.25) is 0 Å². The van der Waals surface area contributed by atoms with Gasteiger partial charge in [0.15, 0.2) is 0 Å². The average Bonchev–Trinajstić information content (AvgIpc) is 2.14. The summed E-state index contributed by atoms with van der Waals surface area (Å²) in [5.74, 6) is -1.42. The van der Waals surface area contributed by atoms with Crippen LogP contribution in [0.4, 0.5) is 10.1 Å². The lowest BCUT2D eigenvalue weighted by Crippen LogP contribution is -2.10. The quantitative estimate of drug-likeness (QED) is 0.774. The standard InChI is InChI=1S/C11H12FNO2/c1-13(2)10-5-3-8(7-9(10)12)4-6-11(14)15/h3-7H,1-2H3,(H,14,15)/b6-4+. The monoisotopic (exact) mass is 209 g/mol. The lowest BCUT2D eigenvalue weighted by Gasteiger charge is -2.13. The highest BCUT2D eigenvalue weighted by atomic mass is 19.1. The molecule has 15 heavy (non-hydrogen) atoms. The van der Waals surface area contributed by atoms with Crippen molar-refractivity contribution in [1.82, 2.24) is 0 Å². The maximum absolute atomic E-state index is 13.4. The van der Waals surface area contributed by atoms with Crippen molar-refractivity contribution >= 4 is 17.7 Å². The number of halogens is 1. The Bertz CT molecular complexity index is 400. The molecule has 0 amide bonds. The van der Waals surface area contributed by atoms with Crippen molar-refractivity contribution in [3.8, 4) is 0 Å². The van der Waals surface area contributed by atoms with Crippen LogP contribution in [0.2, 0.25) is 0 Å². The topological polar surface area (TPSA) is 40.5 Å². The van der Waals surface area contributed by atoms with E-state index < -0.39 is 5.97 Å². The molecule has 0 aliphatic rings. The second kappa shape index (κ2) is 4.59. The third-order valence-corrected chi connectivity index (χ3v) is 1.87. The molecular weight excluding hydrogens is 197 g/mol. The Labute approximate surface area is 87.4 Å². The summed E-state index contributed by atoms with van der Waals surface area (Å²) in [7, 11) is 3.48. The summed E-state index contributed by atoms with van der Waals surface area (Å²) in [4.78, 5) is 11.9. The normalized spacial score (nSPS) is 10.6. The van der Waals surface area contributed by atoms with E-state index in [1.807, 2.05) is 0 Å². The SMILES string of the molecule is CN(C)c1ccc(/C=C/C(=O)O)cc1F. The molecule has 0 fully saturated rings. The molecule has 0 heterocycles. The summed E-state index contributed by atoms with van der Waals surface area (Å²) >= 11 is 0. The number of nitrogens with zero attached hydrogens (tertiary/aromatic N) is 1. The highest BCUT2D eigenvalue weighted by molar-refractivity contribution is 5.85. The molecule has 3 nitrogen and oxygen atoms in total. The predicted octanol–water partition coefficient (Wildman–Crippen LogP) is 1.99. The Morgan fingerprint density at radius 2 is 2.13 bits per heavy atom. The van der Waals surface area contributed by atoms with Gasteiger partial charge in [-0.05, 0) is 23.8 Å². The number of benzene rings is 1. The summed E-state index contributed by atoms with van der Waals surface area (Å²) in [5, 5.41) is 8.40. The summed E-state index contributed by atoms with van der Waals surface area (Å²) in [6, 6.07) is 4.57. The van der Waals surface area contributed by atoms with Crippen molar-refractivity contribution < 1.29 is 14.3 Å². The number of carboxylic acid groups (broad SMARTS) is 1. The molecule has 4 heteroatoms. The molecule has 0 bridgehead atoms. The fourth-order valence-corrected chi connectivity index (χ4v) is 1.16. The maximum Gasteiger partial charge on any atom is 0.328 e. The van der Waals surface area contributed by atoms with E-state index in [4.69, 9.17) is 5.11 Å². The van der Waals surface area contributed by atoms with E-state index in [-0.39, 0.29) is 5.82 Å². The Balaban J connectivity index is 2.96. The van der Waals surface area contributed by atoms with E-state index in [0.717, 1.165) is 6.08 Å². The zero-order valence-corrected chi connectivity index (χ0v) is 8.57. The first-order chi connectivity index (χ1) is 7.00. The van der Waals surface area contributed by atoms with Gasteiger partial charge in [0.1, 0.15) is 5.82 Å². The fourth-order valence-electron chi connectivity index (χ4n) is 1.16. The van der Waals surface area contributed by atoms with Crippen LogP contribution in [0, 0.1) is 5.82 Å². The van der Waals surface area contributed by atoms with Gasteiger partial charge in [-0.25, -0.2) is 9.18 Å². The van der Waals surface area contributed by atoms with Crippen molar-refractivity contribution in [3.05, 3.63) is 35.7 Å². The van der Waals surface area contributed by atoms with Crippen LogP contribution in [0.5, 0.6) is 0 Å². The minimum Gasteiger partial charge on any atom is -0.478 e. The molecule has 0 saturated heterocycles. The van der Waals surface area contributed by atoms with Crippen LogP contribution < -0.4 is 4.90 Å². The highest BCUT2D eigenvalue weighted by Crippen LogP contribution is 2.18. The van der Waals surface area contributed by atoms with Gasteiger partial charge in [-0.2, -0.15) is 0 Å². The molecular formula is C11H12FNO2. The van der Waals surface area contributed by atoms with Crippen LogP contribution in [0.25, 0.3) is 6.08 Å². The Kier molecular flexibility index (Phi) is 3.44. The minimum absolute atomic E-state index is 0.368. The van der Waals surface area contributed by atoms with E-state index in [1.54, 1.807) is 31.1 Å². The Morgan fingerprint density at radius 3 is 2.60 bits per heavy atom. The summed E-state index contributed by atoms with van der Waals surface area (Å²) in [6.07, 6.45) is 2.33. The summed E-state index contributed by atoms with van der Waals surface area (Å²) < 4.78 is 13.4. The lowest BCUT2D eigenvalue weighted by molar-refractivity contribution is -0.131. The zero-order valence-electron chi connectivity index (χ0n) is 8.57. The first-order valence-corrected chi connectivity index (χ1v) is 4.38. The molecule has 0 unspecified atom stereocenters. The molecule has 0 aliphatic heterocycles. The van der Waals surface area contributed by atoms with Crippen molar-refractivity contribution in [2.75, 3.05) is 19.0 Å². The highest BCUT2D eigenvalue weighted by Gasteiger charge is 2.03. The number of carbonyl (C=O) groups is 1. The second-order valence-corrected chi connectivity index (χ2v) is 3.28. The molecule has 1 aromatic rings. The van der Waals surface area contributed by atoms with Crippen molar-refractivity contribution in [2.24, 2.45) is 0 Å². The van der Waals surface area contributed by atoms with Gasteiger partial charge in [0.25, 0.3) is 0 Å². The predicted molar refractivity (Wildman–Crippen MR) is 57.4 cm³/mol. The minimum atomic E-state index is -1.05. The van der Waals surface area contributed by atoms with E-state index in [1.165, 1.54) is 12.1 Å². The number of hydrogen-bond acceptors (Lipinski definition) is 2. The van der Waals surface area contributed by atoms with Gasteiger partial charge in [-0.1, -0.05) is 6.07 Å². The Hall–Kier alpha value is -1.84. The van der Waals surface area contributed by atoms with Gasteiger partial charge < -0.3 is 10.0 Å². The number of hydrogen-bond donors (Lipinski definition) is 1. The molecule has 0 aromatic heterocycles. The molecule has 0 atom stereocenters. The van der Waals surface area contributed by atoms with E-state index >= 15 is 0 Å². The number of carboxylic acids is 1. The zero-order chi connectivity index (χ0) is 11.4. The third kappa shape index (κ3) is 3.09. The second-order valence-electron chi connectivity index (χ2n) is 3.28. The van der Waals surface area contributed by atoms with Crippen molar-refractivity contribution in [2.45, 2.75) is 0 Å². The molecule has 0 spiro atoms. The fraction of sp³-hybridized carbons (Fsp3) is 0.182. The molecule has 0 aliphatic carbocycles. The first kappa shape index (κ1) is 11.2. The largest absolute Gasteiger partial charge is 0.478 e. The molecule has 80 valence electrons. The van der Waals surface area contributed by atoms with E-state index in [9.17, 15) is 9.18 Å². The number of anilines is 1. The van der Waals surface area contributed by atoms with Crippen LogP contribution in [0.15, 0.2) is 24.3 Å². The van der Waals surface area contributed by atoms with Crippen LogP contribution in [0.3, 0.4) is 0 Å². The van der Waals surface area contributed by atoms with Gasteiger partial charge in [-0.3, -0.25) is 0 Å². The third-order valence-electron chi connectivity index (χ3n) is 1.87. The van der Waals surface area contributed by atoms with Crippen LogP contribution in [-0.4, -0.2) is 25.2 Å². The molecule has 1 N–H and O–H groups in total. The molecule has 0 saturated carbocycles. The molecule has 1 aromatic carbocycles. The van der Waals surface area contributed by atoms with E-state index in [0.29, 0.717) is 11.3 Å². The van der Waals surface area contributed by atoms with Crippen molar-refractivity contribution in [1.29, 1.82) is 0 Å². The Morgan fingerprint density at radius 1 is 1.47 bits per heavy atom. The van der Waals surface area contributed by atoms with Crippen LogP contribution >= 0.6 is 0 Å². The molecule has 0 radical (unpaired) electrons. The van der Waals surface area contributed by atoms with Crippen LogP contribution in [0.1, 0.15) is 5.56 Å². The smallest absolute Gasteiger partial charge is 0.328 e. The van der Waals surface area contributed by atoms with E-state index in [2.05, 4.69) is 0 Å². The maximum atomic E-state index is 13.4. The van der Waals surface area contributed by atoms with Gasteiger partial charge >= 0.3 is 5.97 Å². The summed E-state index contributed by atoms with van der Waals surface area (Å²) in [6.45, 7) is 0. The van der Waals surface area contributed by atoms with Crippen molar-refractivity contribution in [3.63, 3.8) is 0 Å². The average molecular weight is 209 g/mol. The lowest BCUT2D eigenvalue weighted by atomic mass is 10.2. The van der Waals surface area contributed by atoms with Gasteiger partial charge in [0.05, 0.1) is 5.69 Å². The molecule has 1 rings (SSSR count). The van der Waals surface area contributed by atoms with Gasteiger partial charge in [-0.15, -0.1) is 0 Å². The van der Waals surface area contributed by atoms with Gasteiger partial charge in [0, 0.05) is 20.2 Å². The summed E-state index contributed by atoms with van der Waals surface area (Å²) in [5.41, 5.74) is 1.00.